The Morgan fingerprint density at radius 1 is 1.05 bits per heavy atom. The van der Waals surface area contributed by atoms with Crippen LogP contribution >= 0.6 is 22.6 Å². The molecule has 2 unspecified atom stereocenters. The second kappa shape index (κ2) is 6.09. The Kier molecular flexibility index (Phi) is 4.68. The van der Waals surface area contributed by atoms with Gasteiger partial charge in [0.1, 0.15) is 11.5 Å². The summed E-state index contributed by atoms with van der Waals surface area (Å²) in [6.45, 7) is 8.39. The minimum Gasteiger partial charge on any atom is -0.466 e. The Morgan fingerprint density at radius 3 is 2.21 bits per heavy atom. The molecule has 0 radical (unpaired) electrons. The quantitative estimate of drug-likeness (QED) is 0.775. The third kappa shape index (κ3) is 3.60. The van der Waals surface area contributed by atoms with Gasteiger partial charge < -0.3 is 9.73 Å². The first-order valence-corrected chi connectivity index (χ1v) is 7.63. The van der Waals surface area contributed by atoms with Crippen LogP contribution in [0.1, 0.15) is 48.6 Å². The number of rotatable bonds is 4. The molecule has 1 aromatic heterocycles. The van der Waals surface area contributed by atoms with Crippen LogP contribution < -0.4 is 5.32 Å². The van der Waals surface area contributed by atoms with E-state index in [9.17, 15) is 0 Å². The summed E-state index contributed by atoms with van der Waals surface area (Å²) < 4.78 is 6.86. The Hall–Kier alpha value is -0.810. The summed E-state index contributed by atoms with van der Waals surface area (Å²) in [5.74, 6) is 1.98. The number of nitrogens with one attached hydrogen (secondary N) is 1. The summed E-state index contributed by atoms with van der Waals surface area (Å²) in [7, 11) is 0. The molecule has 0 saturated heterocycles. The predicted molar refractivity (Wildman–Crippen MR) is 87.3 cm³/mol. The lowest BCUT2D eigenvalue weighted by Gasteiger charge is -2.20. The summed E-state index contributed by atoms with van der Waals surface area (Å²) >= 11 is 2.33. The minimum atomic E-state index is 0.284. The van der Waals surface area contributed by atoms with Crippen LogP contribution in [0.25, 0.3) is 0 Å². The van der Waals surface area contributed by atoms with Gasteiger partial charge >= 0.3 is 0 Å². The Morgan fingerprint density at radius 2 is 1.68 bits per heavy atom. The first-order valence-electron chi connectivity index (χ1n) is 6.56. The van der Waals surface area contributed by atoms with Gasteiger partial charge in [-0.3, -0.25) is 0 Å². The largest absolute Gasteiger partial charge is 0.466 e. The van der Waals surface area contributed by atoms with Crippen LogP contribution in [0, 0.1) is 17.4 Å². The van der Waals surface area contributed by atoms with E-state index in [1.807, 2.05) is 13.8 Å². The fourth-order valence-corrected chi connectivity index (χ4v) is 2.75. The van der Waals surface area contributed by atoms with E-state index < -0.39 is 0 Å². The number of hydrogen-bond acceptors (Lipinski definition) is 2. The third-order valence-corrected chi connectivity index (χ3v) is 4.14. The number of furan rings is 1. The average molecular weight is 369 g/mol. The van der Waals surface area contributed by atoms with E-state index in [4.69, 9.17) is 4.42 Å². The summed E-state index contributed by atoms with van der Waals surface area (Å²) in [6.07, 6.45) is 0. The van der Waals surface area contributed by atoms with Crippen molar-refractivity contribution in [3.63, 3.8) is 0 Å². The molecule has 19 heavy (non-hydrogen) atoms. The molecule has 2 aromatic rings. The SMILES string of the molecule is Cc1cc(C(C)NC(C)c2ccc(I)cc2)c(C)o1. The van der Waals surface area contributed by atoms with Crippen LogP contribution in [-0.2, 0) is 0 Å². The van der Waals surface area contributed by atoms with E-state index in [0.29, 0.717) is 6.04 Å². The number of benzene rings is 1. The maximum Gasteiger partial charge on any atom is 0.105 e. The van der Waals surface area contributed by atoms with Crippen molar-refractivity contribution in [1.29, 1.82) is 0 Å². The molecule has 102 valence electrons. The molecule has 0 spiro atoms. The number of halogens is 1. The number of hydrogen-bond donors (Lipinski definition) is 1. The lowest BCUT2D eigenvalue weighted by Crippen LogP contribution is -2.22. The highest BCUT2D eigenvalue weighted by molar-refractivity contribution is 14.1. The molecule has 3 heteroatoms. The third-order valence-electron chi connectivity index (χ3n) is 3.42. The van der Waals surface area contributed by atoms with Crippen molar-refractivity contribution in [2.45, 2.75) is 39.8 Å². The summed E-state index contributed by atoms with van der Waals surface area (Å²) in [4.78, 5) is 0. The van der Waals surface area contributed by atoms with Gasteiger partial charge in [0.15, 0.2) is 0 Å². The van der Waals surface area contributed by atoms with Crippen LogP contribution in [0.3, 0.4) is 0 Å². The second-order valence-electron chi connectivity index (χ2n) is 5.03. The van der Waals surface area contributed by atoms with Gasteiger partial charge in [-0.1, -0.05) is 12.1 Å². The zero-order valence-electron chi connectivity index (χ0n) is 11.8. The van der Waals surface area contributed by atoms with E-state index in [1.54, 1.807) is 0 Å². The highest BCUT2D eigenvalue weighted by Gasteiger charge is 2.15. The molecule has 0 aliphatic rings. The van der Waals surface area contributed by atoms with Gasteiger partial charge in [-0.05, 0) is 74.0 Å². The van der Waals surface area contributed by atoms with Gasteiger partial charge in [0.25, 0.3) is 0 Å². The summed E-state index contributed by atoms with van der Waals surface area (Å²) in [5.41, 5.74) is 2.56. The zero-order chi connectivity index (χ0) is 14.0. The van der Waals surface area contributed by atoms with Crippen molar-refractivity contribution in [2.75, 3.05) is 0 Å². The van der Waals surface area contributed by atoms with E-state index in [0.717, 1.165) is 11.5 Å². The van der Waals surface area contributed by atoms with E-state index in [2.05, 4.69) is 72.1 Å². The molecule has 0 saturated carbocycles. The van der Waals surface area contributed by atoms with Crippen LogP contribution in [0.15, 0.2) is 34.7 Å². The molecule has 2 rings (SSSR count). The monoisotopic (exact) mass is 369 g/mol. The van der Waals surface area contributed by atoms with Crippen LogP contribution in [0.4, 0.5) is 0 Å². The zero-order valence-corrected chi connectivity index (χ0v) is 14.0. The molecule has 0 aliphatic heterocycles. The van der Waals surface area contributed by atoms with Crippen molar-refractivity contribution in [2.24, 2.45) is 0 Å². The Labute approximate surface area is 128 Å². The van der Waals surface area contributed by atoms with Crippen molar-refractivity contribution in [1.82, 2.24) is 5.32 Å². The summed E-state index contributed by atoms with van der Waals surface area (Å²) in [5, 5.41) is 3.62. The molecule has 0 amide bonds. The van der Waals surface area contributed by atoms with Crippen molar-refractivity contribution < 1.29 is 4.42 Å². The molecule has 2 atom stereocenters. The Bertz CT molecular complexity index is 544. The molecule has 0 bridgehead atoms. The summed E-state index contributed by atoms with van der Waals surface area (Å²) in [6, 6.07) is 11.4. The molecule has 0 fully saturated rings. The van der Waals surface area contributed by atoms with E-state index >= 15 is 0 Å². The molecule has 2 nitrogen and oxygen atoms in total. The van der Waals surface area contributed by atoms with Crippen LogP contribution in [-0.4, -0.2) is 0 Å². The van der Waals surface area contributed by atoms with Gasteiger partial charge in [-0.2, -0.15) is 0 Å². The molecule has 1 N–H and O–H groups in total. The fraction of sp³-hybridized carbons (Fsp3) is 0.375. The number of aryl methyl sites for hydroxylation is 2. The van der Waals surface area contributed by atoms with Gasteiger partial charge in [0.05, 0.1) is 0 Å². The van der Waals surface area contributed by atoms with Crippen LogP contribution in [0.2, 0.25) is 0 Å². The smallest absolute Gasteiger partial charge is 0.105 e. The molecular weight excluding hydrogens is 349 g/mol. The predicted octanol–water partition coefficient (Wildman–Crippen LogP) is 4.91. The normalized spacial score (nSPS) is 14.4. The van der Waals surface area contributed by atoms with E-state index in [1.165, 1.54) is 14.7 Å². The van der Waals surface area contributed by atoms with Gasteiger partial charge in [-0.25, -0.2) is 0 Å². The fourth-order valence-electron chi connectivity index (χ4n) is 2.39. The lowest BCUT2D eigenvalue weighted by molar-refractivity contribution is 0.469. The maximum absolute atomic E-state index is 5.60. The topological polar surface area (TPSA) is 25.2 Å². The van der Waals surface area contributed by atoms with Crippen molar-refractivity contribution >= 4 is 22.6 Å². The first-order chi connectivity index (χ1) is 8.97. The first kappa shape index (κ1) is 14.6. The highest BCUT2D eigenvalue weighted by atomic mass is 127. The molecule has 1 aromatic carbocycles. The maximum atomic E-state index is 5.60. The van der Waals surface area contributed by atoms with Crippen LogP contribution in [0.5, 0.6) is 0 Å². The standard InChI is InChI=1S/C16H20INO/c1-10-9-16(13(4)19-10)12(3)18-11(2)14-5-7-15(17)8-6-14/h5-9,11-12,18H,1-4H3. The van der Waals surface area contributed by atoms with E-state index in [-0.39, 0.29) is 6.04 Å². The lowest BCUT2D eigenvalue weighted by atomic mass is 10.0. The van der Waals surface area contributed by atoms with Crippen molar-refractivity contribution in [3.8, 4) is 0 Å². The van der Waals surface area contributed by atoms with Gasteiger partial charge in [-0.15, -0.1) is 0 Å². The second-order valence-corrected chi connectivity index (χ2v) is 6.28. The van der Waals surface area contributed by atoms with Crippen molar-refractivity contribution in [3.05, 3.63) is 56.5 Å². The highest BCUT2D eigenvalue weighted by Crippen LogP contribution is 2.24. The molecule has 1 heterocycles. The Balaban J connectivity index is 2.08. The average Bonchev–Trinajstić information content (AvgIpc) is 2.69. The van der Waals surface area contributed by atoms with Gasteiger partial charge in [0.2, 0.25) is 0 Å². The molecular formula is C16H20INO. The van der Waals surface area contributed by atoms with Gasteiger partial charge in [0, 0.05) is 21.2 Å². The minimum absolute atomic E-state index is 0.284. The molecule has 0 aliphatic carbocycles.